The van der Waals surface area contributed by atoms with E-state index in [4.69, 9.17) is 4.74 Å². The van der Waals surface area contributed by atoms with Crippen LogP contribution in [0.15, 0.2) is 35.8 Å². The van der Waals surface area contributed by atoms with Crippen molar-refractivity contribution in [2.75, 3.05) is 5.32 Å². The Labute approximate surface area is 89.7 Å². The Balaban J connectivity index is 1.94. The van der Waals surface area contributed by atoms with Crippen molar-refractivity contribution in [1.82, 2.24) is 10.2 Å². The fraction of sp³-hybridized carbons (Fsp3) is 0. The van der Waals surface area contributed by atoms with Crippen LogP contribution in [0.2, 0.25) is 0 Å². The summed E-state index contributed by atoms with van der Waals surface area (Å²) in [5.41, 5.74) is 2.16. The van der Waals surface area contributed by atoms with Crippen molar-refractivity contribution in [3.8, 4) is 5.19 Å². The summed E-state index contributed by atoms with van der Waals surface area (Å²) >= 11 is 1.16. The fourth-order valence-corrected chi connectivity index (χ4v) is 1.35. The third kappa shape index (κ3) is 2.75. The molecule has 6 heteroatoms. The van der Waals surface area contributed by atoms with E-state index in [0.717, 1.165) is 11.3 Å². The number of hydrogen-bond acceptors (Lipinski definition) is 5. The van der Waals surface area contributed by atoms with Crippen molar-refractivity contribution in [1.29, 1.82) is 0 Å². The number of amides is 1. The molecule has 0 aliphatic carbocycles. The highest BCUT2D eigenvalue weighted by Gasteiger charge is 2.06. The van der Waals surface area contributed by atoms with Gasteiger partial charge in [-0.15, -0.1) is 5.10 Å². The average Bonchev–Trinajstić information content (AvgIpc) is 2.71. The van der Waals surface area contributed by atoms with Crippen LogP contribution in [0.25, 0.3) is 0 Å². The van der Waals surface area contributed by atoms with Gasteiger partial charge in [-0.25, -0.2) is 4.79 Å². The highest BCUT2D eigenvalue weighted by atomic mass is 32.1. The largest absolute Gasteiger partial charge is 0.419 e. The van der Waals surface area contributed by atoms with Gasteiger partial charge in [-0.3, -0.25) is 5.32 Å². The molecule has 0 saturated heterocycles. The van der Waals surface area contributed by atoms with Gasteiger partial charge in [0.1, 0.15) is 5.51 Å². The number of carbonyl (C=O) groups excluding carboxylic acids is 1. The SMILES string of the molecule is O=C(Nc1ccccc1)Oc1nncs1. The maximum atomic E-state index is 11.3. The Morgan fingerprint density at radius 3 is 2.80 bits per heavy atom. The molecule has 0 aliphatic heterocycles. The molecular formula is C9H7N3O2S. The van der Waals surface area contributed by atoms with Gasteiger partial charge < -0.3 is 4.74 Å². The van der Waals surface area contributed by atoms with E-state index in [1.54, 1.807) is 12.1 Å². The summed E-state index contributed by atoms with van der Waals surface area (Å²) in [6.45, 7) is 0. The van der Waals surface area contributed by atoms with E-state index in [9.17, 15) is 4.79 Å². The molecule has 1 heterocycles. The molecule has 1 aromatic carbocycles. The van der Waals surface area contributed by atoms with Crippen LogP contribution >= 0.6 is 11.3 Å². The number of rotatable bonds is 2. The zero-order valence-electron chi connectivity index (χ0n) is 7.58. The normalized spacial score (nSPS) is 9.60. The quantitative estimate of drug-likeness (QED) is 0.843. The van der Waals surface area contributed by atoms with E-state index >= 15 is 0 Å². The van der Waals surface area contributed by atoms with Gasteiger partial charge in [0.25, 0.3) is 0 Å². The van der Waals surface area contributed by atoms with Gasteiger partial charge in [-0.1, -0.05) is 34.6 Å². The van der Waals surface area contributed by atoms with Crippen molar-refractivity contribution < 1.29 is 9.53 Å². The molecule has 0 aliphatic rings. The Kier molecular flexibility index (Phi) is 2.89. The standard InChI is InChI=1S/C9H7N3O2S/c13-8(14-9-12-10-6-15-9)11-7-4-2-1-3-5-7/h1-6H,(H,11,13). The number of ether oxygens (including phenoxy) is 1. The van der Waals surface area contributed by atoms with E-state index in [-0.39, 0.29) is 5.19 Å². The summed E-state index contributed by atoms with van der Waals surface area (Å²) < 4.78 is 4.85. The third-order valence-electron chi connectivity index (χ3n) is 1.54. The smallest absolute Gasteiger partial charge is 0.380 e. The van der Waals surface area contributed by atoms with Gasteiger partial charge >= 0.3 is 11.3 Å². The monoisotopic (exact) mass is 221 g/mol. The molecule has 15 heavy (non-hydrogen) atoms. The van der Waals surface area contributed by atoms with Gasteiger partial charge in [-0.2, -0.15) is 0 Å². The van der Waals surface area contributed by atoms with Crippen LogP contribution in [-0.2, 0) is 0 Å². The molecule has 0 fully saturated rings. The molecule has 1 amide bonds. The molecule has 0 unspecified atom stereocenters. The first-order valence-electron chi connectivity index (χ1n) is 4.14. The van der Waals surface area contributed by atoms with E-state index in [1.165, 1.54) is 5.51 Å². The number of anilines is 1. The fourth-order valence-electron chi connectivity index (χ4n) is 0.952. The average molecular weight is 221 g/mol. The summed E-state index contributed by atoms with van der Waals surface area (Å²) in [5.74, 6) is 0. The Morgan fingerprint density at radius 1 is 1.33 bits per heavy atom. The third-order valence-corrected chi connectivity index (χ3v) is 2.11. The molecule has 0 saturated carbocycles. The topological polar surface area (TPSA) is 64.1 Å². The number of nitrogens with zero attached hydrogens (tertiary/aromatic N) is 2. The minimum Gasteiger partial charge on any atom is -0.380 e. The lowest BCUT2D eigenvalue weighted by atomic mass is 10.3. The molecule has 0 radical (unpaired) electrons. The molecular weight excluding hydrogens is 214 g/mol. The summed E-state index contributed by atoms with van der Waals surface area (Å²) in [6.07, 6.45) is -0.571. The summed E-state index contributed by atoms with van der Waals surface area (Å²) in [6, 6.07) is 9.03. The lowest BCUT2D eigenvalue weighted by molar-refractivity contribution is 0.214. The van der Waals surface area contributed by atoms with Gasteiger partial charge in [0.2, 0.25) is 0 Å². The first-order chi connectivity index (χ1) is 7.34. The van der Waals surface area contributed by atoms with Gasteiger partial charge in [0.05, 0.1) is 0 Å². The van der Waals surface area contributed by atoms with E-state index in [1.807, 2.05) is 18.2 Å². The molecule has 1 aromatic heterocycles. The molecule has 76 valence electrons. The maximum Gasteiger partial charge on any atom is 0.419 e. The molecule has 2 rings (SSSR count). The van der Waals surface area contributed by atoms with Crippen LogP contribution in [0, 0.1) is 0 Å². The van der Waals surface area contributed by atoms with Crippen molar-refractivity contribution in [2.45, 2.75) is 0 Å². The van der Waals surface area contributed by atoms with Crippen molar-refractivity contribution in [2.24, 2.45) is 0 Å². The molecule has 0 spiro atoms. The van der Waals surface area contributed by atoms with Crippen molar-refractivity contribution >= 4 is 23.1 Å². The van der Waals surface area contributed by atoms with Gasteiger partial charge in [-0.05, 0) is 12.1 Å². The molecule has 0 atom stereocenters. The first-order valence-corrected chi connectivity index (χ1v) is 5.02. The minimum atomic E-state index is -0.571. The van der Waals surface area contributed by atoms with Crippen molar-refractivity contribution in [3.05, 3.63) is 35.8 Å². The number of benzene rings is 1. The minimum absolute atomic E-state index is 0.225. The van der Waals surface area contributed by atoms with Gasteiger partial charge in [0.15, 0.2) is 0 Å². The van der Waals surface area contributed by atoms with Crippen LogP contribution in [-0.4, -0.2) is 16.3 Å². The molecule has 2 aromatic rings. The van der Waals surface area contributed by atoms with Gasteiger partial charge in [0, 0.05) is 5.69 Å². The highest BCUT2D eigenvalue weighted by Crippen LogP contribution is 2.12. The van der Waals surface area contributed by atoms with Crippen LogP contribution < -0.4 is 10.1 Å². The lowest BCUT2D eigenvalue weighted by Crippen LogP contribution is -2.16. The second-order valence-electron chi connectivity index (χ2n) is 2.59. The van der Waals surface area contributed by atoms with E-state index < -0.39 is 6.09 Å². The summed E-state index contributed by atoms with van der Waals surface area (Å²) in [4.78, 5) is 11.3. The van der Waals surface area contributed by atoms with Crippen molar-refractivity contribution in [3.63, 3.8) is 0 Å². The Morgan fingerprint density at radius 2 is 2.13 bits per heavy atom. The second-order valence-corrected chi connectivity index (χ2v) is 3.38. The van der Waals surface area contributed by atoms with Crippen LogP contribution in [0.3, 0.4) is 0 Å². The zero-order chi connectivity index (χ0) is 10.5. The number of carbonyl (C=O) groups is 1. The number of para-hydroxylation sites is 1. The predicted molar refractivity (Wildman–Crippen MR) is 56.0 cm³/mol. The number of aromatic nitrogens is 2. The second kappa shape index (κ2) is 4.52. The van der Waals surface area contributed by atoms with E-state index in [0.29, 0.717) is 5.69 Å². The van der Waals surface area contributed by atoms with E-state index in [2.05, 4.69) is 15.5 Å². The summed E-state index contributed by atoms with van der Waals surface area (Å²) in [5, 5.41) is 9.91. The zero-order valence-corrected chi connectivity index (χ0v) is 8.40. The maximum absolute atomic E-state index is 11.3. The number of hydrogen-bond donors (Lipinski definition) is 1. The molecule has 1 N–H and O–H groups in total. The van der Waals surface area contributed by atoms with Crippen LogP contribution in [0.5, 0.6) is 5.19 Å². The lowest BCUT2D eigenvalue weighted by Gasteiger charge is -2.02. The predicted octanol–water partition coefficient (Wildman–Crippen LogP) is 2.15. The summed E-state index contributed by atoms with van der Waals surface area (Å²) in [7, 11) is 0. The van der Waals surface area contributed by atoms with Crippen LogP contribution in [0.4, 0.5) is 10.5 Å². The number of nitrogens with one attached hydrogen (secondary N) is 1. The molecule has 5 nitrogen and oxygen atoms in total. The highest BCUT2D eigenvalue weighted by molar-refractivity contribution is 7.11. The Hall–Kier alpha value is -1.95. The van der Waals surface area contributed by atoms with Crippen LogP contribution in [0.1, 0.15) is 0 Å². The molecule has 0 bridgehead atoms. The Bertz CT molecular complexity index is 430. The first kappa shape index (κ1) is 9.60.